The number of carbonyl (C=O) groups is 1. The second kappa shape index (κ2) is 20.2. The number of rotatable bonds is 20. The third-order valence-corrected chi connectivity index (χ3v) is 8.61. The van der Waals surface area contributed by atoms with Gasteiger partial charge in [-0.15, -0.1) is 11.3 Å². The molecule has 2 aromatic carbocycles. The lowest BCUT2D eigenvalue weighted by molar-refractivity contribution is 0.0645. The predicted octanol–water partition coefficient (Wildman–Crippen LogP) is 5.92. The number of hydrogen-bond acceptors (Lipinski definition) is 7. The minimum atomic E-state index is -0.112. The van der Waals surface area contributed by atoms with E-state index in [1.54, 1.807) is 11.8 Å². The van der Waals surface area contributed by atoms with Crippen LogP contribution >= 0.6 is 34.7 Å². The van der Waals surface area contributed by atoms with E-state index in [4.69, 9.17) is 27.8 Å². The molecule has 6 N–H and O–H groups in total. The lowest BCUT2D eigenvalue weighted by Gasteiger charge is -2.22. The molecule has 0 bridgehead atoms. The number of nitrogens with two attached hydrogens (primary N) is 2. The van der Waals surface area contributed by atoms with Crippen LogP contribution in [0, 0.1) is 0 Å². The Morgan fingerprint density at radius 2 is 1.70 bits per heavy atom. The maximum absolute atomic E-state index is 12.0. The first kappa shape index (κ1) is 34.7. The minimum absolute atomic E-state index is 0.00821. The Kier molecular flexibility index (Phi) is 16.3. The molecule has 234 valence electrons. The second-order valence-corrected chi connectivity index (χ2v) is 12.6. The highest BCUT2D eigenvalue weighted by molar-refractivity contribution is 7.98. The topological polar surface area (TPSA) is 131 Å². The van der Waals surface area contributed by atoms with Gasteiger partial charge in [0.05, 0.1) is 12.3 Å². The van der Waals surface area contributed by atoms with Gasteiger partial charge in [0.2, 0.25) is 5.13 Å². The molecule has 1 unspecified atom stereocenters. The summed E-state index contributed by atoms with van der Waals surface area (Å²) < 4.78 is 6.34. The van der Waals surface area contributed by atoms with Crippen molar-refractivity contribution in [2.45, 2.75) is 44.0 Å². The van der Waals surface area contributed by atoms with E-state index in [2.05, 4.69) is 44.7 Å². The highest BCUT2D eigenvalue weighted by Crippen LogP contribution is 2.27. The Bertz CT molecular complexity index is 1220. The number of ether oxygens (including phenoxy) is 1. The van der Waals surface area contributed by atoms with E-state index in [9.17, 15) is 4.79 Å². The number of aromatic nitrogens is 1. The summed E-state index contributed by atoms with van der Waals surface area (Å²) >= 11 is 9.20. The number of carbonyl (C=O) groups excluding carboxylic acids is 1. The zero-order chi connectivity index (χ0) is 30.7. The lowest BCUT2D eigenvalue weighted by Crippen LogP contribution is -2.37. The van der Waals surface area contributed by atoms with Gasteiger partial charge in [0, 0.05) is 41.5 Å². The molecule has 0 aliphatic heterocycles. The predicted molar refractivity (Wildman–Crippen MR) is 181 cm³/mol. The van der Waals surface area contributed by atoms with Crippen molar-refractivity contribution in [3.63, 3.8) is 0 Å². The van der Waals surface area contributed by atoms with Crippen molar-refractivity contribution >= 4 is 51.8 Å². The summed E-state index contributed by atoms with van der Waals surface area (Å²) in [6.07, 6.45) is 5.48. The number of halogens is 1. The molecule has 3 aromatic rings. The van der Waals surface area contributed by atoms with Gasteiger partial charge in [0.15, 0.2) is 5.96 Å². The molecular formula is C31H44ClN7O2S2. The van der Waals surface area contributed by atoms with Crippen molar-refractivity contribution in [2.75, 3.05) is 45.6 Å². The van der Waals surface area contributed by atoms with Crippen LogP contribution in [0.4, 0.5) is 9.93 Å². The summed E-state index contributed by atoms with van der Waals surface area (Å²) in [5, 5.41) is 9.07. The number of benzene rings is 2. The van der Waals surface area contributed by atoms with Crippen LogP contribution in [0.2, 0.25) is 5.02 Å². The molecule has 9 nitrogen and oxygen atoms in total. The Balaban J connectivity index is 1.16. The van der Waals surface area contributed by atoms with Crippen molar-refractivity contribution in [3.05, 3.63) is 81.8 Å². The number of amides is 2. The molecule has 0 saturated heterocycles. The van der Waals surface area contributed by atoms with Crippen LogP contribution in [0.3, 0.4) is 0 Å². The summed E-state index contributed by atoms with van der Waals surface area (Å²) in [5.41, 5.74) is 13.9. The molecule has 0 radical (unpaired) electrons. The largest absolute Gasteiger partial charge is 0.370 e. The fraction of sp³-hybridized carbons (Fsp3) is 0.452. The first-order valence-electron chi connectivity index (χ1n) is 14.6. The molecule has 0 saturated carbocycles. The third-order valence-electron chi connectivity index (χ3n) is 6.58. The number of nitrogens with one attached hydrogen (secondary N) is 2. The first-order chi connectivity index (χ1) is 20.9. The van der Waals surface area contributed by atoms with Gasteiger partial charge in [-0.2, -0.15) is 16.8 Å². The molecule has 1 aromatic heterocycles. The number of likely N-dealkylation sites (N-methyl/N-ethyl adjacent to an activating group) is 1. The maximum atomic E-state index is 12.0. The molecule has 2 amide bonds. The van der Waals surface area contributed by atoms with Crippen molar-refractivity contribution in [1.29, 1.82) is 0 Å². The number of hydrogen-bond donors (Lipinski definition) is 4. The Hall–Kier alpha value is -2.83. The van der Waals surface area contributed by atoms with E-state index < -0.39 is 0 Å². The average molecular weight is 646 g/mol. The third kappa shape index (κ3) is 14.5. The van der Waals surface area contributed by atoms with E-state index in [0.29, 0.717) is 24.8 Å². The molecule has 0 spiro atoms. The van der Waals surface area contributed by atoms with E-state index >= 15 is 0 Å². The molecule has 0 aliphatic rings. The van der Waals surface area contributed by atoms with E-state index in [0.717, 1.165) is 65.7 Å². The van der Waals surface area contributed by atoms with Crippen LogP contribution in [0.25, 0.3) is 0 Å². The van der Waals surface area contributed by atoms with Gasteiger partial charge >= 0.3 is 6.03 Å². The fourth-order valence-corrected chi connectivity index (χ4v) is 6.01. The summed E-state index contributed by atoms with van der Waals surface area (Å²) in [6.45, 7) is 3.86. The zero-order valence-electron chi connectivity index (χ0n) is 24.8. The monoisotopic (exact) mass is 645 g/mol. The maximum Gasteiger partial charge on any atom is 0.314 e. The molecule has 3 rings (SSSR count). The smallest absolute Gasteiger partial charge is 0.314 e. The van der Waals surface area contributed by atoms with Gasteiger partial charge in [-0.1, -0.05) is 73.3 Å². The number of guanidine groups is 1. The van der Waals surface area contributed by atoms with Crippen LogP contribution < -0.4 is 22.1 Å². The number of urea groups is 1. The molecular weight excluding hydrogens is 602 g/mol. The van der Waals surface area contributed by atoms with Crippen LogP contribution in [-0.4, -0.2) is 67.5 Å². The van der Waals surface area contributed by atoms with Gasteiger partial charge < -0.3 is 31.7 Å². The van der Waals surface area contributed by atoms with E-state index in [1.807, 2.05) is 47.8 Å². The number of aliphatic imine (C=N–C) groups is 1. The molecule has 0 aliphatic carbocycles. The van der Waals surface area contributed by atoms with Crippen LogP contribution in [0.15, 0.2) is 65.0 Å². The normalized spacial score (nSPS) is 11.8. The zero-order valence-corrected chi connectivity index (χ0v) is 27.2. The molecule has 1 heterocycles. The van der Waals surface area contributed by atoms with E-state index in [-0.39, 0.29) is 18.1 Å². The number of nitrogens with zero attached hydrogens (tertiary/aromatic N) is 3. The first-order valence-corrected chi connectivity index (χ1v) is 17.1. The van der Waals surface area contributed by atoms with Crippen LogP contribution in [-0.2, 0) is 10.5 Å². The summed E-state index contributed by atoms with van der Waals surface area (Å²) in [5.74, 6) is 1.57. The number of thiazole rings is 1. The van der Waals surface area contributed by atoms with E-state index in [1.165, 1.54) is 24.2 Å². The minimum Gasteiger partial charge on any atom is -0.370 e. The number of thioether (sulfide) groups is 1. The summed E-state index contributed by atoms with van der Waals surface area (Å²) in [7, 11) is 2.15. The highest BCUT2D eigenvalue weighted by Gasteiger charge is 2.15. The van der Waals surface area contributed by atoms with Crippen molar-refractivity contribution in [1.82, 2.24) is 20.5 Å². The molecule has 1 atom stereocenters. The van der Waals surface area contributed by atoms with Gasteiger partial charge in [-0.3, -0.25) is 0 Å². The SMILES string of the molecule is CN(CCCCCCCNC(=O)NCCSCc1csc(N=C(N)N)n1)CCOC(c1ccccc1)c1ccc(Cl)cc1. The van der Waals surface area contributed by atoms with Gasteiger partial charge in [0.1, 0.15) is 6.10 Å². The Morgan fingerprint density at radius 1 is 1.00 bits per heavy atom. The lowest BCUT2D eigenvalue weighted by atomic mass is 10.0. The van der Waals surface area contributed by atoms with Crippen molar-refractivity contribution < 1.29 is 9.53 Å². The van der Waals surface area contributed by atoms with Gasteiger partial charge in [0.25, 0.3) is 0 Å². The van der Waals surface area contributed by atoms with Crippen LogP contribution in [0.1, 0.15) is 55.0 Å². The van der Waals surface area contributed by atoms with Crippen molar-refractivity contribution in [2.24, 2.45) is 16.5 Å². The standard InChI is InChI=1S/C31H44ClN7O2S2/c1-39(19-20-41-28(24-10-6-5-7-11-24)25-12-14-26(32)15-13-25)18-9-4-2-3-8-16-35-30(40)36-17-21-42-22-27-23-43-31(37-27)38-29(33)34/h5-7,10-15,23,28H,2-4,8-9,16-22H2,1H3,(H2,35,36,40)(H4,33,34,37,38). The highest BCUT2D eigenvalue weighted by atomic mass is 35.5. The average Bonchev–Trinajstić information content (AvgIpc) is 3.44. The van der Waals surface area contributed by atoms with Crippen molar-refractivity contribution in [3.8, 4) is 0 Å². The van der Waals surface area contributed by atoms with Crippen LogP contribution in [0.5, 0.6) is 0 Å². The molecule has 43 heavy (non-hydrogen) atoms. The number of unbranched alkanes of at least 4 members (excludes halogenated alkanes) is 4. The fourth-order valence-electron chi connectivity index (χ4n) is 4.33. The summed E-state index contributed by atoms with van der Waals surface area (Å²) in [4.78, 5) is 22.6. The summed E-state index contributed by atoms with van der Waals surface area (Å²) in [6, 6.07) is 18.1. The Morgan fingerprint density at radius 3 is 2.47 bits per heavy atom. The quantitative estimate of drug-likeness (QED) is 0.0681. The second-order valence-electron chi connectivity index (χ2n) is 10.2. The van der Waals surface area contributed by atoms with Gasteiger partial charge in [-0.25, -0.2) is 9.78 Å². The van der Waals surface area contributed by atoms with Gasteiger partial charge in [-0.05, 0) is 49.7 Å². The Labute approximate surface area is 268 Å². The molecule has 12 heteroatoms. The molecule has 0 fully saturated rings.